The van der Waals surface area contributed by atoms with E-state index in [1.165, 1.54) is 0 Å². The smallest absolute Gasteiger partial charge is 0.142 e. The normalized spacial score (nSPS) is 19.4. The Hall–Kier alpha value is -1.95. The van der Waals surface area contributed by atoms with Crippen LogP contribution in [-0.2, 0) is 6.54 Å². The molecule has 0 fully saturated rings. The zero-order chi connectivity index (χ0) is 11.7. The zero-order valence-electron chi connectivity index (χ0n) is 9.61. The Kier molecular flexibility index (Phi) is 2.49. The highest BCUT2D eigenvalue weighted by molar-refractivity contribution is 5.74. The van der Waals surface area contributed by atoms with E-state index < -0.39 is 0 Å². The van der Waals surface area contributed by atoms with Gasteiger partial charge in [0.15, 0.2) is 0 Å². The second-order valence-corrected chi connectivity index (χ2v) is 4.09. The molecule has 1 unspecified atom stereocenters. The van der Waals surface area contributed by atoms with Crippen molar-refractivity contribution in [2.75, 3.05) is 7.05 Å². The van der Waals surface area contributed by atoms with Crippen LogP contribution in [0.2, 0.25) is 0 Å². The molecule has 6 nitrogen and oxygen atoms in total. The number of para-hydroxylation sites is 2. The Labute approximate surface area is 98.9 Å². The third-order valence-electron chi connectivity index (χ3n) is 2.83. The van der Waals surface area contributed by atoms with Gasteiger partial charge in [0.05, 0.1) is 17.4 Å². The van der Waals surface area contributed by atoms with E-state index in [1.807, 2.05) is 31.6 Å². The fourth-order valence-electron chi connectivity index (χ4n) is 1.98. The zero-order valence-corrected chi connectivity index (χ0v) is 9.61. The first-order valence-corrected chi connectivity index (χ1v) is 5.63. The van der Waals surface area contributed by atoms with Gasteiger partial charge in [-0.3, -0.25) is 0 Å². The maximum atomic E-state index is 4.36. The van der Waals surface area contributed by atoms with Gasteiger partial charge in [-0.2, -0.15) is 5.43 Å². The van der Waals surface area contributed by atoms with Gasteiger partial charge in [0.25, 0.3) is 0 Å². The molecule has 6 heteroatoms. The summed E-state index contributed by atoms with van der Waals surface area (Å²) in [5, 5.41) is 9.64. The van der Waals surface area contributed by atoms with Crippen LogP contribution in [0.3, 0.4) is 0 Å². The molecular formula is C11H14N6. The first-order valence-electron chi connectivity index (χ1n) is 5.63. The third kappa shape index (κ3) is 1.99. The minimum Gasteiger partial charge on any atom is -0.330 e. The van der Waals surface area contributed by atoms with Gasteiger partial charge in [0, 0.05) is 20.0 Å². The fraction of sp³-hybridized carbons (Fsp3) is 0.364. The van der Waals surface area contributed by atoms with Crippen molar-refractivity contribution in [2.45, 2.75) is 19.1 Å². The number of nitrogens with zero attached hydrogens (tertiary/aromatic N) is 5. The number of fused-ring (bicyclic) bond motifs is 1. The Morgan fingerprint density at radius 2 is 2.24 bits per heavy atom. The SMILES string of the molecule is CN1N=NC(CCn2cnc3ccccc32)N1. The molecule has 0 radical (unpaired) electrons. The average molecular weight is 230 g/mol. The molecule has 0 aliphatic carbocycles. The fourth-order valence-corrected chi connectivity index (χ4v) is 1.98. The van der Waals surface area contributed by atoms with Crippen molar-refractivity contribution < 1.29 is 0 Å². The van der Waals surface area contributed by atoms with Crippen molar-refractivity contribution in [2.24, 2.45) is 10.3 Å². The average Bonchev–Trinajstić information content (AvgIpc) is 2.93. The van der Waals surface area contributed by atoms with E-state index in [1.54, 1.807) is 5.12 Å². The lowest BCUT2D eigenvalue weighted by atomic mass is 10.3. The van der Waals surface area contributed by atoms with Crippen LogP contribution < -0.4 is 5.43 Å². The quantitative estimate of drug-likeness (QED) is 0.870. The van der Waals surface area contributed by atoms with E-state index >= 15 is 0 Å². The predicted molar refractivity (Wildman–Crippen MR) is 63.9 cm³/mol. The first-order chi connectivity index (χ1) is 8.33. The highest BCUT2D eigenvalue weighted by Crippen LogP contribution is 2.13. The van der Waals surface area contributed by atoms with Crippen LogP contribution in [0.25, 0.3) is 11.0 Å². The molecule has 3 rings (SSSR count). The molecule has 2 heterocycles. The third-order valence-corrected chi connectivity index (χ3v) is 2.83. The summed E-state index contributed by atoms with van der Waals surface area (Å²) in [6.45, 7) is 0.880. The van der Waals surface area contributed by atoms with Crippen LogP contribution in [0.15, 0.2) is 40.9 Å². The lowest BCUT2D eigenvalue weighted by Crippen LogP contribution is -2.32. The van der Waals surface area contributed by atoms with Crippen molar-refractivity contribution in [1.82, 2.24) is 20.1 Å². The number of imidazole rings is 1. The molecule has 0 saturated carbocycles. The van der Waals surface area contributed by atoms with Gasteiger partial charge in [-0.1, -0.05) is 17.4 Å². The van der Waals surface area contributed by atoms with Crippen molar-refractivity contribution in [3.8, 4) is 0 Å². The van der Waals surface area contributed by atoms with Crippen molar-refractivity contribution in [1.29, 1.82) is 0 Å². The Morgan fingerprint density at radius 3 is 3.06 bits per heavy atom. The van der Waals surface area contributed by atoms with Crippen molar-refractivity contribution in [3.63, 3.8) is 0 Å². The summed E-state index contributed by atoms with van der Waals surface area (Å²) >= 11 is 0. The largest absolute Gasteiger partial charge is 0.330 e. The summed E-state index contributed by atoms with van der Waals surface area (Å²) in [7, 11) is 1.84. The number of aryl methyl sites for hydroxylation is 1. The number of rotatable bonds is 3. The van der Waals surface area contributed by atoms with Gasteiger partial charge in [0.2, 0.25) is 0 Å². The Morgan fingerprint density at radius 1 is 1.35 bits per heavy atom. The minimum atomic E-state index is 0.0705. The van der Waals surface area contributed by atoms with Crippen LogP contribution in [0.5, 0.6) is 0 Å². The van der Waals surface area contributed by atoms with E-state index in [-0.39, 0.29) is 6.17 Å². The van der Waals surface area contributed by atoms with Crippen molar-refractivity contribution in [3.05, 3.63) is 30.6 Å². The highest BCUT2D eigenvalue weighted by Gasteiger charge is 2.14. The van der Waals surface area contributed by atoms with Crippen LogP contribution in [0.4, 0.5) is 0 Å². The van der Waals surface area contributed by atoms with E-state index in [2.05, 4.69) is 31.4 Å². The number of hydrazine groups is 1. The van der Waals surface area contributed by atoms with Crippen LogP contribution in [0.1, 0.15) is 6.42 Å². The van der Waals surface area contributed by atoms with E-state index in [0.29, 0.717) is 0 Å². The molecule has 17 heavy (non-hydrogen) atoms. The summed E-state index contributed by atoms with van der Waals surface area (Å²) in [6.07, 6.45) is 2.84. The molecule has 1 aromatic heterocycles. The molecule has 0 spiro atoms. The van der Waals surface area contributed by atoms with Crippen molar-refractivity contribution >= 4 is 11.0 Å². The maximum absolute atomic E-state index is 4.36. The van der Waals surface area contributed by atoms with E-state index in [4.69, 9.17) is 0 Å². The summed E-state index contributed by atoms with van der Waals surface area (Å²) < 4.78 is 2.14. The molecule has 2 aromatic rings. The lowest BCUT2D eigenvalue weighted by Gasteiger charge is -2.10. The Balaban J connectivity index is 1.71. The standard InChI is InChI=1S/C11H14N6/c1-16-14-11(13-15-16)6-7-17-8-12-9-4-2-3-5-10(9)17/h2-5,8,11,14H,6-7H2,1H3. The summed E-state index contributed by atoms with van der Waals surface area (Å²) in [6, 6.07) is 8.13. The molecule has 1 N–H and O–H groups in total. The van der Waals surface area contributed by atoms with Gasteiger partial charge >= 0.3 is 0 Å². The number of nitrogens with one attached hydrogen (secondary N) is 1. The van der Waals surface area contributed by atoms with E-state index in [9.17, 15) is 0 Å². The molecule has 0 saturated heterocycles. The summed E-state index contributed by atoms with van der Waals surface area (Å²) in [4.78, 5) is 4.36. The van der Waals surface area contributed by atoms with Crippen LogP contribution in [0, 0.1) is 0 Å². The predicted octanol–water partition coefficient (Wildman–Crippen LogP) is 1.57. The molecule has 0 bridgehead atoms. The lowest BCUT2D eigenvalue weighted by molar-refractivity contribution is 0.254. The molecule has 1 aliphatic heterocycles. The van der Waals surface area contributed by atoms with Gasteiger partial charge in [-0.25, -0.2) is 10.1 Å². The molecule has 88 valence electrons. The second kappa shape index (κ2) is 4.14. The second-order valence-electron chi connectivity index (χ2n) is 4.09. The molecule has 0 amide bonds. The summed E-state index contributed by atoms with van der Waals surface area (Å²) in [5.41, 5.74) is 5.33. The maximum Gasteiger partial charge on any atom is 0.142 e. The number of hydrogen-bond donors (Lipinski definition) is 1. The Bertz CT molecular complexity index is 546. The highest BCUT2D eigenvalue weighted by atomic mass is 15.8. The van der Waals surface area contributed by atoms with Gasteiger partial charge in [-0.15, -0.1) is 5.11 Å². The molecule has 1 aliphatic rings. The summed E-state index contributed by atoms with van der Waals surface area (Å²) in [5.74, 6) is 0. The molecule has 1 atom stereocenters. The molecule has 1 aromatic carbocycles. The van der Waals surface area contributed by atoms with Gasteiger partial charge < -0.3 is 4.57 Å². The number of aromatic nitrogens is 2. The van der Waals surface area contributed by atoms with Crippen LogP contribution >= 0.6 is 0 Å². The molecular weight excluding hydrogens is 216 g/mol. The van der Waals surface area contributed by atoms with E-state index in [0.717, 1.165) is 24.0 Å². The van der Waals surface area contributed by atoms with Gasteiger partial charge in [0.1, 0.15) is 6.17 Å². The number of benzene rings is 1. The number of hydrogen-bond acceptors (Lipinski definition) is 5. The first kappa shape index (κ1) is 10.2. The monoisotopic (exact) mass is 230 g/mol. The minimum absolute atomic E-state index is 0.0705. The van der Waals surface area contributed by atoms with Crippen LogP contribution in [-0.4, -0.2) is 27.9 Å². The topological polar surface area (TPSA) is 57.8 Å². The van der Waals surface area contributed by atoms with Gasteiger partial charge in [-0.05, 0) is 12.1 Å².